The Morgan fingerprint density at radius 3 is 2.59 bits per heavy atom. The van der Waals surface area contributed by atoms with E-state index in [2.05, 4.69) is 29.0 Å². The summed E-state index contributed by atoms with van der Waals surface area (Å²) < 4.78 is 0. The zero-order valence-corrected chi connectivity index (χ0v) is 11.1. The average Bonchev–Trinajstić information content (AvgIpc) is 2.83. The van der Waals surface area contributed by atoms with Crippen molar-refractivity contribution in [3.8, 4) is 10.7 Å². The molecule has 0 bridgehead atoms. The summed E-state index contributed by atoms with van der Waals surface area (Å²) in [5.41, 5.74) is 1.21. The maximum atomic E-state index is 4.40. The van der Waals surface area contributed by atoms with Gasteiger partial charge in [-0.25, -0.2) is 9.97 Å². The van der Waals surface area contributed by atoms with E-state index in [1.165, 1.54) is 5.56 Å². The zero-order chi connectivity index (χ0) is 12.1. The molecule has 17 heavy (non-hydrogen) atoms. The minimum Gasteiger partial charge on any atom is -0.309 e. The Labute approximate surface area is 106 Å². The van der Waals surface area contributed by atoms with Gasteiger partial charge in [0.25, 0.3) is 0 Å². The summed E-state index contributed by atoms with van der Waals surface area (Å²) in [7, 11) is 4.19. The van der Waals surface area contributed by atoms with Crippen LogP contribution in [0.15, 0.2) is 29.9 Å². The first-order chi connectivity index (χ1) is 8.25. The van der Waals surface area contributed by atoms with Crippen molar-refractivity contribution in [1.29, 1.82) is 0 Å². The number of aryl methyl sites for hydroxylation is 1. The lowest BCUT2D eigenvalue weighted by atomic mass is 10.2. The van der Waals surface area contributed by atoms with Crippen molar-refractivity contribution in [3.63, 3.8) is 0 Å². The van der Waals surface area contributed by atoms with E-state index in [0.717, 1.165) is 30.1 Å². The summed E-state index contributed by atoms with van der Waals surface area (Å²) in [6, 6.07) is 4.07. The van der Waals surface area contributed by atoms with Crippen molar-refractivity contribution in [2.75, 3.05) is 20.6 Å². The highest BCUT2D eigenvalue weighted by molar-refractivity contribution is 7.13. The lowest BCUT2D eigenvalue weighted by Crippen LogP contribution is -2.13. The molecule has 0 aliphatic carbocycles. The molecule has 0 saturated heterocycles. The number of aromatic nitrogens is 2. The Morgan fingerprint density at radius 1 is 1.24 bits per heavy atom. The Kier molecular flexibility index (Phi) is 4.23. The molecule has 0 aliphatic heterocycles. The minimum absolute atomic E-state index is 0.830. The number of hydrogen-bond donors (Lipinski definition) is 0. The fourth-order valence-corrected chi connectivity index (χ4v) is 2.29. The van der Waals surface area contributed by atoms with Crippen LogP contribution >= 0.6 is 11.3 Å². The standard InChI is InChI=1S/C13H17N3S/c1-16(2)7-3-5-11-9-14-13(15-10-11)12-6-4-8-17-12/h4,6,8-10H,3,5,7H2,1-2H3. The van der Waals surface area contributed by atoms with Gasteiger partial charge in [-0.15, -0.1) is 11.3 Å². The normalized spacial score (nSPS) is 11.0. The average molecular weight is 247 g/mol. The van der Waals surface area contributed by atoms with E-state index in [0.29, 0.717) is 0 Å². The minimum atomic E-state index is 0.830. The molecule has 0 saturated carbocycles. The first kappa shape index (κ1) is 12.2. The first-order valence-corrected chi connectivity index (χ1v) is 6.63. The van der Waals surface area contributed by atoms with Gasteiger partial charge in [0.1, 0.15) is 0 Å². The van der Waals surface area contributed by atoms with Crippen molar-refractivity contribution >= 4 is 11.3 Å². The van der Waals surface area contributed by atoms with Gasteiger partial charge in [-0.3, -0.25) is 0 Å². The van der Waals surface area contributed by atoms with Gasteiger partial charge < -0.3 is 4.90 Å². The van der Waals surface area contributed by atoms with Crippen LogP contribution < -0.4 is 0 Å². The maximum Gasteiger partial charge on any atom is 0.169 e. The predicted molar refractivity (Wildman–Crippen MR) is 72.2 cm³/mol. The Bertz CT molecular complexity index is 434. The van der Waals surface area contributed by atoms with E-state index in [1.54, 1.807) is 11.3 Å². The second-order valence-corrected chi connectivity index (χ2v) is 5.25. The molecule has 3 nitrogen and oxygen atoms in total. The van der Waals surface area contributed by atoms with E-state index >= 15 is 0 Å². The molecule has 0 fully saturated rings. The molecule has 0 spiro atoms. The molecule has 0 N–H and O–H groups in total. The Morgan fingerprint density at radius 2 is 2.00 bits per heavy atom. The third-order valence-electron chi connectivity index (χ3n) is 2.52. The van der Waals surface area contributed by atoms with Crippen LogP contribution in [0.5, 0.6) is 0 Å². The molecule has 2 heterocycles. The SMILES string of the molecule is CN(C)CCCc1cnc(-c2cccs2)nc1. The molecule has 90 valence electrons. The molecular weight excluding hydrogens is 230 g/mol. The van der Waals surface area contributed by atoms with Gasteiger partial charge in [0, 0.05) is 12.4 Å². The fraction of sp³-hybridized carbons (Fsp3) is 0.385. The lowest BCUT2D eigenvalue weighted by molar-refractivity contribution is 0.400. The maximum absolute atomic E-state index is 4.40. The van der Waals surface area contributed by atoms with Crippen molar-refractivity contribution in [2.45, 2.75) is 12.8 Å². The van der Waals surface area contributed by atoms with Gasteiger partial charge in [-0.1, -0.05) is 6.07 Å². The molecule has 0 amide bonds. The summed E-state index contributed by atoms with van der Waals surface area (Å²) in [5, 5.41) is 2.05. The second-order valence-electron chi connectivity index (χ2n) is 4.30. The second kappa shape index (κ2) is 5.89. The topological polar surface area (TPSA) is 29.0 Å². The molecule has 0 radical (unpaired) electrons. The van der Waals surface area contributed by atoms with E-state index in [4.69, 9.17) is 0 Å². The van der Waals surface area contributed by atoms with Crippen LogP contribution in [0.1, 0.15) is 12.0 Å². The highest BCUT2D eigenvalue weighted by Crippen LogP contribution is 2.20. The number of thiophene rings is 1. The molecule has 0 aromatic carbocycles. The zero-order valence-electron chi connectivity index (χ0n) is 10.3. The highest BCUT2D eigenvalue weighted by atomic mass is 32.1. The summed E-state index contributed by atoms with van der Waals surface area (Å²) in [4.78, 5) is 12.1. The van der Waals surface area contributed by atoms with Crippen LogP contribution in [0.25, 0.3) is 10.7 Å². The van der Waals surface area contributed by atoms with Crippen molar-refractivity contribution < 1.29 is 0 Å². The number of hydrogen-bond acceptors (Lipinski definition) is 4. The smallest absolute Gasteiger partial charge is 0.169 e. The first-order valence-electron chi connectivity index (χ1n) is 5.75. The predicted octanol–water partition coefficient (Wildman–Crippen LogP) is 2.70. The van der Waals surface area contributed by atoms with E-state index < -0.39 is 0 Å². The van der Waals surface area contributed by atoms with Crippen LogP contribution in [0.2, 0.25) is 0 Å². The number of nitrogens with zero attached hydrogens (tertiary/aromatic N) is 3. The summed E-state index contributed by atoms with van der Waals surface area (Å²) in [5.74, 6) is 0.830. The van der Waals surface area contributed by atoms with E-state index in [-0.39, 0.29) is 0 Å². The summed E-state index contributed by atoms with van der Waals surface area (Å²) in [6.07, 6.45) is 6.08. The molecule has 0 aliphatic rings. The third kappa shape index (κ3) is 3.61. The third-order valence-corrected chi connectivity index (χ3v) is 3.38. The Balaban J connectivity index is 1.94. The molecule has 0 unspecified atom stereocenters. The quantitative estimate of drug-likeness (QED) is 0.813. The largest absolute Gasteiger partial charge is 0.309 e. The summed E-state index contributed by atoms with van der Waals surface area (Å²) >= 11 is 1.67. The van der Waals surface area contributed by atoms with Crippen molar-refractivity contribution in [3.05, 3.63) is 35.5 Å². The summed E-state index contributed by atoms with van der Waals surface area (Å²) in [6.45, 7) is 1.10. The van der Waals surface area contributed by atoms with Crippen molar-refractivity contribution in [2.24, 2.45) is 0 Å². The number of rotatable bonds is 5. The van der Waals surface area contributed by atoms with Gasteiger partial charge in [-0.2, -0.15) is 0 Å². The van der Waals surface area contributed by atoms with Gasteiger partial charge in [0.2, 0.25) is 0 Å². The van der Waals surface area contributed by atoms with Gasteiger partial charge in [-0.05, 0) is 50.5 Å². The fourth-order valence-electron chi connectivity index (χ4n) is 1.62. The molecule has 0 atom stereocenters. The molecule has 2 aromatic rings. The van der Waals surface area contributed by atoms with Crippen molar-refractivity contribution in [1.82, 2.24) is 14.9 Å². The van der Waals surface area contributed by atoms with Gasteiger partial charge in [0.05, 0.1) is 4.88 Å². The van der Waals surface area contributed by atoms with Gasteiger partial charge >= 0.3 is 0 Å². The van der Waals surface area contributed by atoms with Crippen LogP contribution in [0.3, 0.4) is 0 Å². The van der Waals surface area contributed by atoms with E-state index in [9.17, 15) is 0 Å². The monoisotopic (exact) mass is 247 g/mol. The molecule has 2 aromatic heterocycles. The molecular formula is C13H17N3S. The lowest BCUT2D eigenvalue weighted by Gasteiger charge is -2.08. The van der Waals surface area contributed by atoms with Crippen LogP contribution in [-0.2, 0) is 6.42 Å². The van der Waals surface area contributed by atoms with Crippen LogP contribution in [-0.4, -0.2) is 35.5 Å². The van der Waals surface area contributed by atoms with Gasteiger partial charge in [0.15, 0.2) is 5.82 Å². The van der Waals surface area contributed by atoms with E-state index in [1.807, 2.05) is 29.9 Å². The van der Waals surface area contributed by atoms with Crippen LogP contribution in [0, 0.1) is 0 Å². The van der Waals surface area contributed by atoms with Crippen LogP contribution in [0.4, 0.5) is 0 Å². The molecule has 2 rings (SSSR count). The Hall–Kier alpha value is -1.26. The highest BCUT2D eigenvalue weighted by Gasteiger charge is 2.02. The molecule has 4 heteroatoms.